The molecule has 3 aromatic rings. The first kappa shape index (κ1) is 21.3. The summed E-state index contributed by atoms with van der Waals surface area (Å²) >= 11 is 6.35. The summed E-state index contributed by atoms with van der Waals surface area (Å²) in [5.74, 6) is 1.20. The van der Waals surface area contributed by atoms with Crippen molar-refractivity contribution in [2.24, 2.45) is 0 Å². The third kappa shape index (κ3) is 4.87. The molecule has 0 bridgehead atoms. The normalized spacial score (nSPS) is 16.7. The number of carbonyl (C=O) groups excluding carboxylic acids is 1. The van der Waals surface area contributed by atoms with E-state index in [4.69, 9.17) is 21.6 Å². The molecule has 0 radical (unpaired) electrons. The fraction of sp³-hybridized carbons (Fsp3) is 0.476. The van der Waals surface area contributed by atoms with Gasteiger partial charge < -0.3 is 15.5 Å². The van der Waals surface area contributed by atoms with Crippen LogP contribution in [-0.2, 0) is 11.3 Å². The Morgan fingerprint density at radius 2 is 2.03 bits per heavy atom. The minimum absolute atomic E-state index is 0.0274. The average molecular weight is 443 g/mol. The van der Waals surface area contributed by atoms with Gasteiger partial charge in [0.15, 0.2) is 17.0 Å². The van der Waals surface area contributed by atoms with Crippen molar-refractivity contribution in [2.45, 2.75) is 52.2 Å². The maximum Gasteiger partial charge on any atom is 0.227 e. The van der Waals surface area contributed by atoms with E-state index in [0.29, 0.717) is 35.2 Å². The van der Waals surface area contributed by atoms with Crippen molar-refractivity contribution in [3.05, 3.63) is 34.9 Å². The Hall–Kier alpha value is -2.94. The lowest BCUT2D eigenvalue weighted by molar-refractivity contribution is -0.119. The molecular weight excluding hydrogens is 416 g/mol. The zero-order valence-electron chi connectivity index (χ0n) is 18.2. The number of carbonyl (C=O) groups is 1. The van der Waals surface area contributed by atoms with Crippen molar-refractivity contribution < 1.29 is 4.79 Å². The summed E-state index contributed by atoms with van der Waals surface area (Å²) in [6, 6.07) is 7.75. The molecule has 3 heterocycles. The minimum Gasteiger partial charge on any atom is -0.352 e. The van der Waals surface area contributed by atoms with Crippen LogP contribution in [0.3, 0.4) is 0 Å². The lowest BCUT2D eigenvalue weighted by Gasteiger charge is -2.23. The van der Waals surface area contributed by atoms with Gasteiger partial charge in [0, 0.05) is 36.6 Å². The van der Waals surface area contributed by atoms with E-state index in [1.807, 2.05) is 24.3 Å². The van der Waals surface area contributed by atoms with E-state index in [9.17, 15) is 4.79 Å². The van der Waals surface area contributed by atoms with Gasteiger partial charge in [-0.15, -0.1) is 5.10 Å². The van der Waals surface area contributed by atoms with Crippen molar-refractivity contribution in [1.82, 2.24) is 30.3 Å². The van der Waals surface area contributed by atoms with Crippen LogP contribution in [0.1, 0.15) is 39.7 Å². The molecule has 0 spiro atoms. The van der Waals surface area contributed by atoms with E-state index >= 15 is 0 Å². The highest BCUT2D eigenvalue weighted by atomic mass is 35.5. The Morgan fingerprint density at radius 3 is 2.74 bits per heavy atom. The largest absolute Gasteiger partial charge is 0.352 e. The van der Waals surface area contributed by atoms with Gasteiger partial charge in [-0.1, -0.05) is 35.0 Å². The Labute approximate surface area is 186 Å². The number of amides is 1. The highest BCUT2D eigenvalue weighted by Gasteiger charge is 2.28. The molecule has 0 saturated carbocycles. The highest BCUT2D eigenvalue weighted by molar-refractivity contribution is 6.31. The van der Waals surface area contributed by atoms with E-state index in [1.165, 1.54) is 6.92 Å². The van der Waals surface area contributed by atoms with E-state index < -0.39 is 0 Å². The Balaban J connectivity index is 1.74. The zero-order chi connectivity index (χ0) is 22.2. The minimum atomic E-state index is -0.213. The number of hydrogen-bond acceptors (Lipinski definition) is 7. The van der Waals surface area contributed by atoms with Crippen molar-refractivity contribution in [3.63, 3.8) is 0 Å². The molecule has 0 unspecified atom stereocenters. The van der Waals surface area contributed by atoms with Gasteiger partial charge in [-0.05, 0) is 38.8 Å². The second kappa shape index (κ2) is 8.30. The van der Waals surface area contributed by atoms with Gasteiger partial charge in [-0.3, -0.25) is 4.79 Å². The summed E-state index contributed by atoms with van der Waals surface area (Å²) in [6.45, 7) is 9.60. The van der Waals surface area contributed by atoms with Crippen LogP contribution in [0.5, 0.6) is 0 Å². The summed E-state index contributed by atoms with van der Waals surface area (Å²) in [5.41, 5.74) is 2.00. The number of halogens is 1. The first-order chi connectivity index (χ1) is 14.7. The molecule has 1 aromatic carbocycles. The van der Waals surface area contributed by atoms with Gasteiger partial charge in [-0.2, -0.15) is 9.97 Å². The van der Waals surface area contributed by atoms with Crippen LogP contribution in [0, 0.1) is 0 Å². The van der Waals surface area contributed by atoms with Gasteiger partial charge in [0.05, 0.1) is 6.54 Å². The number of aromatic nitrogens is 5. The van der Waals surface area contributed by atoms with E-state index in [1.54, 1.807) is 4.68 Å². The fourth-order valence-corrected chi connectivity index (χ4v) is 3.90. The standard InChI is InChI=1S/C21H27ClN8O/c1-13(31)23-15-9-10-29(12-15)18-17-19(25-20(24-18)26-21(2,3)4)30(28-27-17)11-14-7-5-6-8-16(14)22/h5-8,15H,9-12H2,1-4H3,(H,23,31)(H,24,25,26)/t15-/m0/s1. The molecule has 1 atom stereocenters. The number of hydrogen-bond donors (Lipinski definition) is 2. The summed E-state index contributed by atoms with van der Waals surface area (Å²) in [4.78, 5) is 23.1. The predicted molar refractivity (Wildman–Crippen MR) is 121 cm³/mol. The third-order valence-corrected chi connectivity index (χ3v) is 5.37. The second-order valence-electron chi connectivity index (χ2n) is 8.89. The van der Waals surface area contributed by atoms with Crippen LogP contribution in [0.25, 0.3) is 11.2 Å². The maximum absolute atomic E-state index is 11.5. The molecule has 1 saturated heterocycles. The van der Waals surface area contributed by atoms with Crippen molar-refractivity contribution in [3.8, 4) is 0 Å². The molecule has 4 rings (SSSR count). The summed E-state index contributed by atoms with van der Waals surface area (Å²) in [6.07, 6.45) is 0.848. The number of fused-ring (bicyclic) bond motifs is 1. The van der Waals surface area contributed by atoms with Gasteiger partial charge in [-0.25, -0.2) is 4.68 Å². The molecule has 0 aliphatic carbocycles. The third-order valence-electron chi connectivity index (χ3n) is 5.00. The molecule has 164 valence electrons. The van der Waals surface area contributed by atoms with Gasteiger partial charge in [0.1, 0.15) is 0 Å². The topological polar surface area (TPSA) is 101 Å². The van der Waals surface area contributed by atoms with Gasteiger partial charge >= 0.3 is 0 Å². The summed E-state index contributed by atoms with van der Waals surface area (Å²) < 4.78 is 1.75. The smallest absolute Gasteiger partial charge is 0.227 e. The zero-order valence-corrected chi connectivity index (χ0v) is 18.9. The van der Waals surface area contributed by atoms with Crippen LogP contribution in [0.2, 0.25) is 5.02 Å². The summed E-state index contributed by atoms with van der Waals surface area (Å²) in [7, 11) is 0. The number of anilines is 2. The van der Waals surface area contributed by atoms with Crippen molar-refractivity contribution in [1.29, 1.82) is 0 Å². The molecule has 1 aliphatic rings. The Bertz CT molecular complexity index is 1110. The van der Waals surface area contributed by atoms with Crippen LogP contribution in [-0.4, -0.2) is 55.5 Å². The molecule has 2 N–H and O–H groups in total. The van der Waals surface area contributed by atoms with Gasteiger partial charge in [0.25, 0.3) is 0 Å². The molecular formula is C21H27ClN8O. The quantitative estimate of drug-likeness (QED) is 0.626. The monoisotopic (exact) mass is 442 g/mol. The lowest BCUT2D eigenvalue weighted by Crippen LogP contribution is -2.36. The second-order valence-corrected chi connectivity index (χ2v) is 9.30. The number of nitrogens with zero attached hydrogens (tertiary/aromatic N) is 6. The van der Waals surface area contributed by atoms with Crippen LogP contribution in [0.4, 0.5) is 11.8 Å². The molecule has 9 nitrogen and oxygen atoms in total. The van der Waals surface area contributed by atoms with Crippen LogP contribution >= 0.6 is 11.6 Å². The van der Waals surface area contributed by atoms with Gasteiger partial charge in [0.2, 0.25) is 11.9 Å². The molecule has 2 aromatic heterocycles. The first-order valence-electron chi connectivity index (χ1n) is 10.3. The molecule has 10 heteroatoms. The highest BCUT2D eigenvalue weighted by Crippen LogP contribution is 2.28. The summed E-state index contributed by atoms with van der Waals surface area (Å²) in [5, 5.41) is 15.8. The van der Waals surface area contributed by atoms with Crippen LogP contribution in [0.15, 0.2) is 24.3 Å². The average Bonchev–Trinajstić information content (AvgIpc) is 3.29. The fourth-order valence-electron chi connectivity index (χ4n) is 3.71. The van der Waals surface area contributed by atoms with Crippen LogP contribution < -0.4 is 15.5 Å². The van der Waals surface area contributed by atoms with E-state index in [2.05, 4.69) is 46.6 Å². The molecule has 1 aliphatic heterocycles. The Morgan fingerprint density at radius 1 is 1.26 bits per heavy atom. The predicted octanol–water partition coefficient (Wildman–Crippen LogP) is 2.85. The lowest BCUT2D eigenvalue weighted by atomic mass is 10.1. The molecule has 1 fully saturated rings. The van der Waals surface area contributed by atoms with Crippen molar-refractivity contribution in [2.75, 3.05) is 23.3 Å². The number of rotatable bonds is 5. The molecule has 1 amide bonds. The first-order valence-corrected chi connectivity index (χ1v) is 10.7. The van der Waals surface area contributed by atoms with E-state index in [-0.39, 0.29) is 17.5 Å². The number of nitrogens with one attached hydrogen (secondary N) is 2. The van der Waals surface area contributed by atoms with E-state index in [0.717, 1.165) is 24.3 Å². The molecule has 31 heavy (non-hydrogen) atoms. The Kier molecular flexibility index (Phi) is 5.70. The van der Waals surface area contributed by atoms with Crippen molar-refractivity contribution >= 4 is 40.4 Å². The maximum atomic E-state index is 11.5. The number of benzene rings is 1. The SMILES string of the molecule is CC(=O)N[C@H]1CCN(c2nc(NC(C)(C)C)nc3c2nnn3Cc2ccccc2Cl)C1.